The first-order valence-corrected chi connectivity index (χ1v) is 19.9. The first-order valence-electron chi connectivity index (χ1n) is 19.0. The molecule has 5 aromatic rings. The van der Waals surface area contributed by atoms with Gasteiger partial charge in [0.1, 0.15) is 22.7 Å². The van der Waals surface area contributed by atoms with Gasteiger partial charge < -0.3 is 14.4 Å². The zero-order valence-electron chi connectivity index (χ0n) is 32.3. The average Bonchev–Trinajstić information content (AvgIpc) is 3.54. The maximum Gasteiger partial charge on any atom is 0.236 e. The van der Waals surface area contributed by atoms with Crippen LogP contribution in [-0.2, 0) is 21.7 Å². The molecule has 0 saturated heterocycles. The fourth-order valence-corrected chi connectivity index (χ4v) is 11.3. The number of anilines is 3. The number of thioether (sulfide) groups is 1. The summed E-state index contributed by atoms with van der Waals surface area (Å²) in [6.45, 7) is 24.0. The summed E-state index contributed by atoms with van der Waals surface area (Å²) in [4.78, 5) is 3.66. The fraction of sp³-hybridized carbons (Fsp3) is 0.362. The molecule has 1 aliphatic carbocycles. The van der Waals surface area contributed by atoms with Gasteiger partial charge in [-0.3, -0.25) is 0 Å². The van der Waals surface area contributed by atoms with Crippen LogP contribution in [0.2, 0.25) is 0 Å². The number of benzene rings is 5. The maximum atomic E-state index is 7.43. The van der Waals surface area contributed by atoms with Gasteiger partial charge in [-0.1, -0.05) is 136 Å². The molecule has 9 rings (SSSR count). The molecule has 5 heteroatoms. The Labute approximate surface area is 315 Å². The lowest BCUT2D eigenvalue weighted by Crippen LogP contribution is -2.57. The summed E-state index contributed by atoms with van der Waals surface area (Å²) in [5.74, 6) is 3.08. The van der Waals surface area contributed by atoms with Crippen molar-refractivity contribution in [3.8, 4) is 17.2 Å². The van der Waals surface area contributed by atoms with Crippen molar-refractivity contribution < 1.29 is 9.47 Å². The number of hydrogen-bond acceptors (Lipinski definition) is 4. The van der Waals surface area contributed by atoms with Gasteiger partial charge in [0.15, 0.2) is 0 Å². The summed E-state index contributed by atoms with van der Waals surface area (Å²) in [5, 5.41) is 0. The molecule has 0 N–H and O–H groups in total. The minimum absolute atomic E-state index is 0.0259. The van der Waals surface area contributed by atoms with Crippen molar-refractivity contribution in [3.63, 3.8) is 0 Å². The van der Waals surface area contributed by atoms with Gasteiger partial charge in [-0.05, 0) is 86.1 Å². The van der Waals surface area contributed by atoms with Crippen molar-refractivity contribution >= 4 is 46.5 Å². The Morgan fingerprint density at radius 3 is 1.92 bits per heavy atom. The van der Waals surface area contributed by atoms with E-state index in [1.54, 1.807) is 0 Å². The van der Waals surface area contributed by atoms with Crippen LogP contribution in [0.1, 0.15) is 109 Å². The molecule has 4 aliphatic rings. The van der Waals surface area contributed by atoms with Gasteiger partial charge in [0.05, 0.1) is 5.69 Å². The molecule has 3 heterocycles. The molecule has 5 aromatic carbocycles. The SMILES string of the molecule is CC(C)(C)c1ccc2c(c1)C1B3c4cc(C(C)(C)C)c5c(c4Oc4cc(N(c6ccccc6)c6ccccc6)cc(c43)OC1S2)C(C)(C)CC5(C)C. The Bertz CT molecular complexity index is 2210. The Hall–Kier alpha value is -4.09. The van der Waals surface area contributed by atoms with Gasteiger partial charge in [0.2, 0.25) is 6.71 Å². The summed E-state index contributed by atoms with van der Waals surface area (Å²) in [6.07, 6.45) is 1.08. The smallest absolute Gasteiger partial charge is 0.236 e. The summed E-state index contributed by atoms with van der Waals surface area (Å²) in [5.41, 5.74) is 12.8. The summed E-state index contributed by atoms with van der Waals surface area (Å²) < 4.78 is 14.6. The second kappa shape index (κ2) is 11.2. The summed E-state index contributed by atoms with van der Waals surface area (Å²) in [7, 11) is 0. The third-order valence-corrected chi connectivity index (χ3v) is 13.2. The van der Waals surface area contributed by atoms with Crippen LogP contribution in [0.5, 0.6) is 17.2 Å². The predicted molar refractivity (Wildman–Crippen MR) is 220 cm³/mol. The molecule has 0 amide bonds. The van der Waals surface area contributed by atoms with Crippen molar-refractivity contribution in [1.82, 2.24) is 0 Å². The molecule has 3 nitrogen and oxygen atoms in total. The fourth-order valence-electron chi connectivity index (χ4n) is 9.98. The van der Waals surface area contributed by atoms with E-state index in [0.29, 0.717) is 0 Å². The normalized spacial score (nSPS) is 20.2. The number of nitrogens with zero attached hydrogens (tertiary/aromatic N) is 1. The standard InChI is InChI=1S/C47H50BNO2S/c1-44(2,3)28-21-22-37-32(23-28)40-43(52-37)51-36-25-31(49(29-17-13-11-14-18-29)30-19-15-12-16-20-30)24-35-41(36)48(40)34-26-33(45(4,5)6)38-39(42(34)50-35)47(9,10)27-46(38,7)8/h11-26,40,43H,27H2,1-10H3. The van der Waals surface area contributed by atoms with E-state index < -0.39 is 0 Å². The number of hydrogen-bond donors (Lipinski definition) is 0. The molecular formula is C47H50BNO2S. The molecule has 0 fully saturated rings. The van der Waals surface area contributed by atoms with Gasteiger partial charge in [-0.25, -0.2) is 0 Å². The zero-order valence-corrected chi connectivity index (χ0v) is 33.2. The molecule has 3 aliphatic heterocycles. The minimum atomic E-state index is -0.0471. The van der Waals surface area contributed by atoms with E-state index in [1.165, 1.54) is 43.6 Å². The molecule has 2 unspecified atom stereocenters. The van der Waals surface area contributed by atoms with Gasteiger partial charge in [-0.2, -0.15) is 0 Å². The molecule has 2 atom stereocenters. The Balaban J connectivity index is 1.34. The molecule has 52 heavy (non-hydrogen) atoms. The highest BCUT2D eigenvalue weighted by Gasteiger charge is 2.55. The summed E-state index contributed by atoms with van der Waals surface area (Å²) in [6, 6.07) is 35.6. The van der Waals surface area contributed by atoms with Crippen LogP contribution < -0.4 is 25.3 Å². The second-order valence-electron chi connectivity index (χ2n) is 18.9. The van der Waals surface area contributed by atoms with Crippen molar-refractivity contribution in [2.75, 3.05) is 4.90 Å². The second-order valence-corrected chi connectivity index (χ2v) is 20.0. The predicted octanol–water partition coefficient (Wildman–Crippen LogP) is 11.6. The van der Waals surface area contributed by atoms with Crippen LogP contribution in [0.25, 0.3) is 0 Å². The van der Waals surface area contributed by atoms with Gasteiger partial charge in [0.25, 0.3) is 0 Å². The van der Waals surface area contributed by atoms with Crippen LogP contribution in [0.15, 0.2) is 102 Å². The number of para-hydroxylation sites is 2. The van der Waals surface area contributed by atoms with Crippen molar-refractivity contribution in [3.05, 3.63) is 125 Å². The average molecular weight is 704 g/mol. The molecule has 0 bridgehead atoms. The van der Waals surface area contributed by atoms with Gasteiger partial charge in [-0.15, -0.1) is 0 Å². The van der Waals surface area contributed by atoms with Crippen LogP contribution >= 0.6 is 11.8 Å². The topological polar surface area (TPSA) is 21.7 Å². The van der Waals surface area contributed by atoms with Crippen molar-refractivity contribution in [2.24, 2.45) is 0 Å². The van der Waals surface area contributed by atoms with E-state index in [4.69, 9.17) is 9.47 Å². The molecule has 0 aromatic heterocycles. The number of rotatable bonds is 3. The maximum absolute atomic E-state index is 7.43. The molecule has 264 valence electrons. The first kappa shape index (κ1) is 33.7. The number of fused-ring (bicyclic) bond motifs is 8. The zero-order chi connectivity index (χ0) is 36.5. The number of ether oxygens (including phenoxy) is 2. The van der Waals surface area contributed by atoms with E-state index in [-0.39, 0.29) is 39.6 Å². The largest absolute Gasteiger partial charge is 0.480 e. The lowest BCUT2D eigenvalue weighted by molar-refractivity contribution is 0.279. The van der Waals surface area contributed by atoms with Crippen molar-refractivity contribution in [1.29, 1.82) is 0 Å². The lowest BCUT2D eigenvalue weighted by atomic mass is 9.30. The third-order valence-electron chi connectivity index (χ3n) is 12.0. The van der Waals surface area contributed by atoms with E-state index >= 15 is 0 Å². The molecule has 0 saturated carbocycles. The van der Waals surface area contributed by atoms with Crippen LogP contribution in [0.4, 0.5) is 17.1 Å². The van der Waals surface area contributed by atoms with E-state index in [1.807, 2.05) is 11.8 Å². The van der Waals surface area contributed by atoms with Crippen LogP contribution in [0, 0.1) is 0 Å². The Morgan fingerprint density at radius 1 is 0.692 bits per heavy atom. The molecular weight excluding hydrogens is 653 g/mol. The monoisotopic (exact) mass is 703 g/mol. The van der Waals surface area contributed by atoms with E-state index in [2.05, 4.69) is 171 Å². The van der Waals surface area contributed by atoms with Gasteiger partial charge >= 0.3 is 0 Å². The van der Waals surface area contributed by atoms with Crippen LogP contribution in [0.3, 0.4) is 0 Å². The van der Waals surface area contributed by atoms with Crippen molar-refractivity contribution in [2.45, 2.75) is 113 Å². The van der Waals surface area contributed by atoms with Crippen LogP contribution in [-0.4, -0.2) is 12.1 Å². The molecule has 0 radical (unpaired) electrons. The van der Waals surface area contributed by atoms with E-state index in [0.717, 1.165) is 40.7 Å². The summed E-state index contributed by atoms with van der Waals surface area (Å²) >= 11 is 1.89. The Morgan fingerprint density at radius 2 is 1.31 bits per heavy atom. The van der Waals surface area contributed by atoms with Gasteiger partial charge in [0, 0.05) is 45.2 Å². The minimum Gasteiger partial charge on any atom is -0.480 e. The third kappa shape index (κ3) is 5.09. The highest BCUT2D eigenvalue weighted by Crippen LogP contribution is 2.59. The first-order chi connectivity index (χ1) is 24.5. The highest BCUT2D eigenvalue weighted by molar-refractivity contribution is 8.00. The lowest BCUT2D eigenvalue weighted by Gasteiger charge is -2.42. The Kier molecular flexibility index (Phi) is 7.27. The quantitative estimate of drug-likeness (QED) is 0.174. The highest BCUT2D eigenvalue weighted by atomic mass is 32.2. The molecule has 0 spiro atoms. The van der Waals surface area contributed by atoms with E-state index in [9.17, 15) is 0 Å².